The molecule has 104 valence electrons. The molecule has 2 rings (SSSR count). The number of carbonyl (C=O) groups excluding carboxylic acids is 1. The van der Waals surface area contributed by atoms with Crippen molar-refractivity contribution in [3.05, 3.63) is 63.7 Å². The Morgan fingerprint density at radius 2 is 1.85 bits per heavy atom. The molecular formula is C16H16ClNO2. The van der Waals surface area contributed by atoms with Crippen LogP contribution in [0.2, 0.25) is 5.02 Å². The van der Waals surface area contributed by atoms with Crippen LogP contribution >= 0.6 is 11.6 Å². The molecule has 3 nitrogen and oxygen atoms in total. The van der Waals surface area contributed by atoms with Crippen molar-refractivity contribution in [2.45, 2.75) is 20.5 Å². The number of carbonyl (C=O) groups is 1. The molecular weight excluding hydrogens is 274 g/mol. The average molecular weight is 290 g/mol. The zero-order valence-corrected chi connectivity index (χ0v) is 12.2. The van der Waals surface area contributed by atoms with Gasteiger partial charge in [0, 0.05) is 0 Å². The fourth-order valence-corrected chi connectivity index (χ4v) is 2.13. The van der Waals surface area contributed by atoms with E-state index in [9.17, 15) is 4.79 Å². The van der Waals surface area contributed by atoms with Crippen LogP contribution in [0.25, 0.3) is 0 Å². The van der Waals surface area contributed by atoms with Crippen LogP contribution in [0, 0.1) is 13.8 Å². The van der Waals surface area contributed by atoms with E-state index in [1.807, 2.05) is 32.0 Å². The van der Waals surface area contributed by atoms with Crippen LogP contribution in [0.4, 0.5) is 5.69 Å². The number of hydrogen-bond donors (Lipinski definition) is 1. The SMILES string of the molecule is Cc1cccc(C)c1COC(=O)c1ccc(N)c(Cl)c1. The first-order valence-electron chi connectivity index (χ1n) is 6.26. The lowest BCUT2D eigenvalue weighted by atomic mass is 10.0. The average Bonchev–Trinajstić information content (AvgIpc) is 2.41. The number of rotatable bonds is 3. The van der Waals surface area contributed by atoms with Crippen LogP contribution < -0.4 is 5.73 Å². The normalized spacial score (nSPS) is 10.3. The molecule has 0 amide bonds. The van der Waals surface area contributed by atoms with Gasteiger partial charge in [0.25, 0.3) is 0 Å². The molecule has 2 N–H and O–H groups in total. The molecule has 0 radical (unpaired) electrons. The van der Waals surface area contributed by atoms with Crippen LogP contribution in [0.1, 0.15) is 27.0 Å². The molecule has 0 aliphatic rings. The van der Waals surface area contributed by atoms with Crippen molar-refractivity contribution in [2.75, 3.05) is 5.73 Å². The summed E-state index contributed by atoms with van der Waals surface area (Å²) < 4.78 is 5.33. The smallest absolute Gasteiger partial charge is 0.338 e. The number of hydrogen-bond acceptors (Lipinski definition) is 3. The number of nitrogen functional groups attached to an aromatic ring is 1. The summed E-state index contributed by atoms with van der Waals surface area (Å²) in [5.74, 6) is -0.408. The molecule has 0 heterocycles. The molecule has 0 saturated heterocycles. The molecule has 0 bridgehead atoms. The van der Waals surface area contributed by atoms with E-state index in [1.165, 1.54) is 6.07 Å². The van der Waals surface area contributed by atoms with Crippen LogP contribution in [0.3, 0.4) is 0 Å². The Morgan fingerprint density at radius 1 is 1.20 bits per heavy atom. The minimum Gasteiger partial charge on any atom is -0.457 e. The van der Waals surface area contributed by atoms with Crippen LogP contribution in [0.15, 0.2) is 36.4 Å². The summed E-state index contributed by atoms with van der Waals surface area (Å²) in [6.45, 7) is 4.24. The lowest BCUT2D eigenvalue weighted by Gasteiger charge is -2.10. The quantitative estimate of drug-likeness (QED) is 0.689. The summed E-state index contributed by atoms with van der Waals surface area (Å²) in [4.78, 5) is 12.0. The van der Waals surface area contributed by atoms with Crippen molar-refractivity contribution in [3.8, 4) is 0 Å². The zero-order valence-electron chi connectivity index (χ0n) is 11.4. The molecule has 0 aromatic heterocycles. The van der Waals surface area contributed by atoms with Crippen LogP contribution in [-0.2, 0) is 11.3 Å². The second-order valence-electron chi connectivity index (χ2n) is 4.68. The third-order valence-corrected chi connectivity index (χ3v) is 3.56. The van der Waals surface area contributed by atoms with Gasteiger partial charge in [0.1, 0.15) is 6.61 Å². The molecule has 0 atom stereocenters. The summed E-state index contributed by atoms with van der Waals surface area (Å²) in [5, 5.41) is 0.353. The molecule has 0 unspecified atom stereocenters. The molecule has 0 fully saturated rings. The minimum absolute atomic E-state index is 0.249. The lowest BCUT2D eigenvalue weighted by Crippen LogP contribution is -2.07. The summed E-state index contributed by atoms with van der Waals surface area (Å²) in [6.07, 6.45) is 0. The van der Waals surface area contributed by atoms with Gasteiger partial charge in [-0.3, -0.25) is 0 Å². The number of anilines is 1. The van der Waals surface area contributed by atoms with E-state index in [4.69, 9.17) is 22.1 Å². The molecule has 20 heavy (non-hydrogen) atoms. The van der Waals surface area contributed by atoms with E-state index < -0.39 is 5.97 Å². The Hall–Kier alpha value is -2.00. The maximum absolute atomic E-state index is 12.0. The zero-order chi connectivity index (χ0) is 14.7. The summed E-state index contributed by atoms with van der Waals surface area (Å²) in [5.41, 5.74) is 9.69. The Balaban J connectivity index is 2.11. The van der Waals surface area contributed by atoms with Gasteiger partial charge in [-0.2, -0.15) is 0 Å². The number of ether oxygens (including phenoxy) is 1. The summed E-state index contributed by atoms with van der Waals surface area (Å²) in [6, 6.07) is 10.7. The van der Waals surface area contributed by atoms with E-state index in [-0.39, 0.29) is 6.61 Å². The fourth-order valence-electron chi connectivity index (χ4n) is 1.95. The molecule has 0 saturated carbocycles. The van der Waals surface area contributed by atoms with Gasteiger partial charge in [-0.05, 0) is 48.7 Å². The highest BCUT2D eigenvalue weighted by molar-refractivity contribution is 6.33. The molecule has 0 aliphatic carbocycles. The van der Waals surface area contributed by atoms with Gasteiger partial charge >= 0.3 is 5.97 Å². The largest absolute Gasteiger partial charge is 0.457 e. The Kier molecular flexibility index (Phi) is 4.30. The van der Waals surface area contributed by atoms with E-state index in [0.29, 0.717) is 16.3 Å². The third kappa shape index (κ3) is 3.11. The molecule has 2 aromatic carbocycles. The first-order valence-corrected chi connectivity index (χ1v) is 6.64. The van der Waals surface area contributed by atoms with Crippen molar-refractivity contribution in [1.29, 1.82) is 0 Å². The minimum atomic E-state index is -0.408. The van der Waals surface area contributed by atoms with E-state index in [0.717, 1.165) is 16.7 Å². The van der Waals surface area contributed by atoms with E-state index >= 15 is 0 Å². The van der Waals surface area contributed by atoms with Gasteiger partial charge in [0.2, 0.25) is 0 Å². The predicted octanol–water partition coefficient (Wildman–Crippen LogP) is 3.90. The number of halogens is 1. The van der Waals surface area contributed by atoms with Gasteiger partial charge in [-0.1, -0.05) is 29.8 Å². The van der Waals surface area contributed by atoms with Gasteiger partial charge in [0.15, 0.2) is 0 Å². The van der Waals surface area contributed by atoms with Crippen LogP contribution in [0.5, 0.6) is 0 Å². The van der Waals surface area contributed by atoms with Crippen molar-refractivity contribution < 1.29 is 9.53 Å². The highest BCUT2D eigenvalue weighted by Crippen LogP contribution is 2.21. The number of benzene rings is 2. The maximum atomic E-state index is 12.0. The van der Waals surface area contributed by atoms with Gasteiger partial charge in [-0.15, -0.1) is 0 Å². The Bertz CT molecular complexity index is 633. The summed E-state index contributed by atoms with van der Waals surface area (Å²) in [7, 11) is 0. The van der Waals surface area contributed by atoms with Crippen molar-refractivity contribution in [2.24, 2.45) is 0 Å². The number of nitrogens with two attached hydrogens (primary N) is 1. The predicted molar refractivity (Wildman–Crippen MR) is 80.9 cm³/mol. The van der Waals surface area contributed by atoms with Gasteiger partial charge in [-0.25, -0.2) is 4.79 Å². The van der Waals surface area contributed by atoms with E-state index in [1.54, 1.807) is 12.1 Å². The van der Waals surface area contributed by atoms with Crippen molar-refractivity contribution >= 4 is 23.3 Å². The monoisotopic (exact) mass is 289 g/mol. The Morgan fingerprint density at radius 3 is 2.45 bits per heavy atom. The standard InChI is InChI=1S/C16H16ClNO2/c1-10-4-3-5-11(2)13(10)9-20-16(19)12-6-7-15(18)14(17)8-12/h3-8H,9,18H2,1-2H3. The molecule has 0 aliphatic heterocycles. The Labute approximate surface area is 123 Å². The maximum Gasteiger partial charge on any atom is 0.338 e. The lowest BCUT2D eigenvalue weighted by molar-refractivity contribution is 0.0471. The number of esters is 1. The molecule has 0 spiro atoms. The first-order chi connectivity index (χ1) is 9.49. The van der Waals surface area contributed by atoms with Gasteiger partial charge in [0.05, 0.1) is 16.3 Å². The van der Waals surface area contributed by atoms with Gasteiger partial charge < -0.3 is 10.5 Å². The second kappa shape index (κ2) is 5.97. The van der Waals surface area contributed by atoms with Crippen LogP contribution in [-0.4, -0.2) is 5.97 Å². The fraction of sp³-hybridized carbons (Fsp3) is 0.188. The van der Waals surface area contributed by atoms with Crippen molar-refractivity contribution in [1.82, 2.24) is 0 Å². The second-order valence-corrected chi connectivity index (χ2v) is 5.09. The summed E-state index contributed by atoms with van der Waals surface area (Å²) >= 11 is 5.89. The van der Waals surface area contributed by atoms with Crippen molar-refractivity contribution in [3.63, 3.8) is 0 Å². The number of aryl methyl sites for hydroxylation is 2. The highest BCUT2D eigenvalue weighted by Gasteiger charge is 2.11. The third-order valence-electron chi connectivity index (χ3n) is 3.23. The molecule has 4 heteroatoms. The first kappa shape index (κ1) is 14.4. The molecule has 2 aromatic rings. The topological polar surface area (TPSA) is 52.3 Å². The van der Waals surface area contributed by atoms with E-state index in [2.05, 4.69) is 0 Å². The highest BCUT2D eigenvalue weighted by atomic mass is 35.5.